The number of fused-ring (bicyclic) bond motifs is 3. The van der Waals surface area contributed by atoms with Gasteiger partial charge in [0.15, 0.2) is 17.0 Å². The molecular formula is C21H15ClF2N6O2. The van der Waals surface area contributed by atoms with Crippen molar-refractivity contribution < 1.29 is 8.78 Å². The van der Waals surface area contributed by atoms with Gasteiger partial charge in [0.1, 0.15) is 11.6 Å². The maximum absolute atomic E-state index is 14.6. The smallest absolute Gasteiger partial charge is 0.298 e. The number of rotatable bonds is 3. The second-order valence-electron chi connectivity index (χ2n) is 7.33. The van der Waals surface area contributed by atoms with Gasteiger partial charge in [-0.2, -0.15) is 0 Å². The molecule has 0 spiro atoms. The van der Waals surface area contributed by atoms with Crippen LogP contribution in [0.15, 0.2) is 52.1 Å². The summed E-state index contributed by atoms with van der Waals surface area (Å²) in [5.41, 5.74) is -0.0896. The fourth-order valence-electron chi connectivity index (χ4n) is 3.83. The fourth-order valence-corrected chi connectivity index (χ4v) is 4.05. The Bertz CT molecular complexity index is 1630. The molecule has 0 aliphatic heterocycles. The van der Waals surface area contributed by atoms with E-state index in [-0.39, 0.29) is 34.1 Å². The molecule has 5 aromatic rings. The summed E-state index contributed by atoms with van der Waals surface area (Å²) in [5, 5.41) is 8.58. The van der Waals surface area contributed by atoms with Crippen molar-refractivity contribution in [1.29, 1.82) is 0 Å². The van der Waals surface area contributed by atoms with E-state index in [1.165, 1.54) is 64.0 Å². The van der Waals surface area contributed by atoms with Crippen LogP contribution in [0.5, 0.6) is 0 Å². The molecular weight excluding hydrogens is 442 g/mol. The highest BCUT2D eigenvalue weighted by Crippen LogP contribution is 2.27. The van der Waals surface area contributed by atoms with E-state index >= 15 is 0 Å². The summed E-state index contributed by atoms with van der Waals surface area (Å²) in [7, 11) is 2.87. The van der Waals surface area contributed by atoms with Crippen LogP contribution in [0, 0.1) is 11.6 Å². The van der Waals surface area contributed by atoms with Crippen molar-refractivity contribution in [2.45, 2.75) is 6.54 Å². The SMILES string of the molecule is Cn1c(=O)c2c(n(C)c1=O)n1c(-c3ccc(F)cc3)nnc1n2Cc1c(F)cccc1Cl. The van der Waals surface area contributed by atoms with Crippen LogP contribution in [0.4, 0.5) is 8.78 Å². The standard InChI is InChI=1S/C21H15ClF2N6O2/c1-27-18-16(19(31)28(2)21(27)32)29(10-13-14(22)4-3-5-15(13)24)20-26-25-17(30(18)20)11-6-8-12(23)9-7-11/h3-9H,10H2,1-2H3. The molecule has 0 N–H and O–H groups in total. The first-order valence-corrected chi connectivity index (χ1v) is 9.89. The number of nitrogens with zero attached hydrogens (tertiary/aromatic N) is 6. The second kappa shape index (κ2) is 7.13. The molecule has 0 bridgehead atoms. The predicted octanol–water partition coefficient (Wildman–Crippen LogP) is 2.73. The molecule has 8 nitrogen and oxygen atoms in total. The Balaban J connectivity index is 1.93. The number of hydrogen-bond donors (Lipinski definition) is 0. The number of aryl methyl sites for hydroxylation is 1. The van der Waals surface area contributed by atoms with E-state index in [1.54, 1.807) is 6.07 Å². The molecule has 0 fully saturated rings. The number of aromatic nitrogens is 6. The van der Waals surface area contributed by atoms with Crippen molar-refractivity contribution in [2.24, 2.45) is 14.1 Å². The molecule has 3 aromatic heterocycles. The largest absolute Gasteiger partial charge is 0.332 e. The monoisotopic (exact) mass is 456 g/mol. The van der Waals surface area contributed by atoms with Crippen LogP contribution in [0.3, 0.4) is 0 Å². The molecule has 0 atom stereocenters. The van der Waals surface area contributed by atoms with E-state index in [9.17, 15) is 18.4 Å². The van der Waals surface area contributed by atoms with Crippen LogP contribution < -0.4 is 11.2 Å². The zero-order chi connectivity index (χ0) is 22.7. The first-order chi connectivity index (χ1) is 15.3. The Morgan fingerprint density at radius 1 is 0.969 bits per heavy atom. The summed E-state index contributed by atoms with van der Waals surface area (Å²) in [6, 6.07) is 9.87. The Morgan fingerprint density at radius 2 is 1.69 bits per heavy atom. The number of benzene rings is 2. The van der Waals surface area contributed by atoms with Gasteiger partial charge in [-0.15, -0.1) is 10.2 Å². The summed E-state index contributed by atoms with van der Waals surface area (Å²) < 4.78 is 33.3. The lowest BCUT2D eigenvalue weighted by Crippen LogP contribution is -2.37. The minimum absolute atomic E-state index is 0.118. The van der Waals surface area contributed by atoms with Crippen molar-refractivity contribution in [3.05, 3.63) is 85.5 Å². The summed E-state index contributed by atoms with van der Waals surface area (Å²) in [6.45, 7) is -0.118. The molecule has 0 amide bonds. The summed E-state index contributed by atoms with van der Waals surface area (Å²) >= 11 is 6.22. The molecule has 0 saturated heterocycles. The van der Waals surface area contributed by atoms with E-state index in [4.69, 9.17) is 11.6 Å². The molecule has 0 aliphatic carbocycles. The maximum atomic E-state index is 14.6. The van der Waals surface area contributed by atoms with E-state index in [0.717, 1.165) is 4.57 Å². The molecule has 2 aromatic carbocycles. The molecule has 32 heavy (non-hydrogen) atoms. The topological polar surface area (TPSA) is 79.1 Å². The molecule has 0 saturated carbocycles. The zero-order valence-corrected chi connectivity index (χ0v) is 17.6. The van der Waals surface area contributed by atoms with Gasteiger partial charge in [-0.1, -0.05) is 17.7 Å². The average molecular weight is 457 g/mol. The van der Waals surface area contributed by atoms with Crippen molar-refractivity contribution >= 4 is 28.5 Å². The van der Waals surface area contributed by atoms with Gasteiger partial charge in [0, 0.05) is 30.2 Å². The van der Waals surface area contributed by atoms with E-state index in [1.807, 2.05) is 0 Å². The van der Waals surface area contributed by atoms with E-state index in [2.05, 4.69) is 10.2 Å². The first kappa shape index (κ1) is 20.1. The van der Waals surface area contributed by atoms with Crippen LogP contribution in [-0.2, 0) is 20.6 Å². The van der Waals surface area contributed by atoms with Gasteiger partial charge in [0.2, 0.25) is 5.78 Å². The molecule has 3 heterocycles. The molecule has 0 aliphatic rings. The Hall–Kier alpha value is -3.79. The Morgan fingerprint density at radius 3 is 2.38 bits per heavy atom. The Kier molecular flexibility index (Phi) is 4.48. The Labute approximate surface area is 183 Å². The highest BCUT2D eigenvalue weighted by molar-refractivity contribution is 6.31. The van der Waals surface area contributed by atoms with Gasteiger partial charge < -0.3 is 0 Å². The summed E-state index contributed by atoms with van der Waals surface area (Å²) in [5.74, 6) is -0.464. The van der Waals surface area contributed by atoms with Crippen molar-refractivity contribution in [2.75, 3.05) is 0 Å². The first-order valence-electron chi connectivity index (χ1n) is 9.51. The highest BCUT2D eigenvalue weighted by atomic mass is 35.5. The second-order valence-corrected chi connectivity index (χ2v) is 7.74. The van der Waals surface area contributed by atoms with Gasteiger partial charge in [0.05, 0.1) is 6.54 Å². The lowest BCUT2D eigenvalue weighted by molar-refractivity contribution is 0.602. The quantitative estimate of drug-likeness (QED) is 0.418. The van der Waals surface area contributed by atoms with E-state index in [0.29, 0.717) is 11.4 Å². The van der Waals surface area contributed by atoms with Crippen molar-refractivity contribution in [3.8, 4) is 11.4 Å². The zero-order valence-electron chi connectivity index (χ0n) is 16.9. The molecule has 5 rings (SSSR count). The lowest BCUT2D eigenvalue weighted by atomic mass is 10.2. The molecule has 11 heteroatoms. The van der Waals surface area contributed by atoms with Gasteiger partial charge in [-0.25, -0.2) is 18.0 Å². The summed E-state index contributed by atoms with van der Waals surface area (Å²) in [4.78, 5) is 25.8. The van der Waals surface area contributed by atoms with Gasteiger partial charge in [-0.3, -0.25) is 18.5 Å². The molecule has 0 radical (unpaired) electrons. The lowest BCUT2D eigenvalue weighted by Gasteiger charge is -2.09. The normalized spacial score (nSPS) is 11.7. The van der Waals surface area contributed by atoms with Crippen LogP contribution in [0.1, 0.15) is 5.56 Å². The van der Waals surface area contributed by atoms with Gasteiger partial charge in [-0.05, 0) is 36.4 Å². The molecule has 0 unspecified atom stereocenters. The predicted molar refractivity (Wildman–Crippen MR) is 115 cm³/mol. The van der Waals surface area contributed by atoms with Crippen molar-refractivity contribution in [1.82, 2.24) is 28.3 Å². The van der Waals surface area contributed by atoms with E-state index < -0.39 is 22.9 Å². The summed E-state index contributed by atoms with van der Waals surface area (Å²) in [6.07, 6.45) is 0. The number of halogens is 3. The minimum atomic E-state index is -0.578. The van der Waals surface area contributed by atoms with Gasteiger partial charge in [0.25, 0.3) is 5.56 Å². The third-order valence-corrected chi connectivity index (χ3v) is 5.81. The minimum Gasteiger partial charge on any atom is -0.298 e. The maximum Gasteiger partial charge on any atom is 0.332 e. The van der Waals surface area contributed by atoms with Crippen LogP contribution >= 0.6 is 11.6 Å². The molecule has 162 valence electrons. The van der Waals surface area contributed by atoms with Crippen LogP contribution in [-0.4, -0.2) is 28.3 Å². The van der Waals surface area contributed by atoms with Crippen LogP contribution in [0.25, 0.3) is 28.3 Å². The fraction of sp³-hybridized carbons (Fsp3) is 0.143. The highest BCUT2D eigenvalue weighted by Gasteiger charge is 2.25. The van der Waals surface area contributed by atoms with Crippen molar-refractivity contribution in [3.63, 3.8) is 0 Å². The van der Waals surface area contributed by atoms with Gasteiger partial charge >= 0.3 is 5.69 Å². The average Bonchev–Trinajstić information content (AvgIpc) is 3.33. The number of hydrogen-bond acceptors (Lipinski definition) is 4. The number of imidazole rings is 1. The third-order valence-electron chi connectivity index (χ3n) is 5.46. The van der Waals surface area contributed by atoms with Crippen LogP contribution in [0.2, 0.25) is 5.02 Å². The third kappa shape index (κ3) is 2.79.